The number of hydrogen-bond acceptors (Lipinski definition) is 6. The molecule has 1 atom stereocenters. The van der Waals surface area contributed by atoms with Gasteiger partial charge in [0.2, 0.25) is 17.7 Å². The number of halogens is 2. The molecule has 2 fully saturated rings. The number of nitrogens with one attached hydrogen (secondary N) is 2. The Balaban J connectivity index is 1.37. The molecule has 11 heteroatoms. The maximum atomic E-state index is 13.9. The van der Waals surface area contributed by atoms with Crippen LogP contribution in [0.1, 0.15) is 52.9 Å². The van der Waals surface area contributed by atoms with E-state index in [-0.39, 0.29) is 55.8 Å². The second-order valence-electron chi connectivity index (χ2n) is 10.9. The summed E-state index contributed by atoms with van der Waals surface area (Å²) in [6, 6.07) is 14.8. The maximum Gasteiger partial charge on any atom is 0.276 e. The van der Waals surface area contributed by atoms with Gasteiger partial charge in [0.05, 0.1) is 18.9 Å². The second-order valence-corrected chi connectivity index (χ2v) is 10.9. The van der Waals surface area contributed by atoms with Gasteiger partial charge in [-0.1, -0.05) is 36.4 Å². The van der Waals surface area contributed by atoms with Crippen molar-refractivity contribution in [1.82, 2.24) is 25.4 Å². The molecule has 2 saturated heterocycles. The minimum absolute atomic E-state index is 0.0280. The van der Waals surface area contributed by atoms with Gasteiger partial charge in [0.15, 0.2) is 5.69 Å². The summed E-state index contributed by atoms with van der Waals surface area (Å²) in [6.07, 6.45) is 1.39. The molecule has 42 heavy (non-hydrogen) atoms. The molecule has 9 nitrogen and oxygen atoms in total. The molecule has 2 N–H and O–H groups in total. The summed E-state index contributed by atoms with van der Waals surface area (Å²) in [4.78, 5) is 46.3. The van der Waals surface area contributed by atoms with Crippen molar-refractivity contribution in [2.45, 2.75) is 44.6 Å². The van der Waals surface area contributed by atoms with Crippen molar-refractivity contribution < 1.29 is 27.6 Å². The van der Waals surface area contributed by atoms with Gasteiger partial charge in [-0.3, -0.25) is 14.4 Å². The number of amides is 3. The summed E-state index contributed by atoms with van der Waals surface area (Å²) < 4.78 is 33.4. The van der Waals surface area contributed by atoms with E-state index < -0.39 is 24.3 Å². The number of aromatic nitrogens is 1. The zero-order valence-corrected chi connectivity index (χ0v) is 23.6. The first-order valence-corrected chi connectivity index (χ1v) is 14.3. The quantitative estimate of drug-likeness (QED) is 0.422. The predicted octanol–water partition coefficient (Wildman–Crippen LogP) is 3.61. The minimum Gasteiger partial charge on any atom is -0.444 e. The molecule has 1 aromatic heterocycles. The molecule has 1 unspecified atom stereocenters. The van der Waals surface area contributed by atoms with E-state index in [0.717, 1.165) is 29.1 Å². The third kappa shape index (κ3) is 7.02. The van der Waals surface area contributed by atoms with E-state index in [1.165, 1.54) is 6.26 Å². The molecule has 3 heterocycles. The topological polar surface area (TPSA) is 108 Å². The predicted molar refractivity (Wildman–Crippen MR) is 152 cm³/mol. The Morgan fingerprint density at radius 3 is 2.57 bits per heavy atom. The standard InChI is InChI=1S/C31H35F2N5O4/c1-21(29(40)37-14-11-34-12-15-37)25-17-23(8-9-24(25)18-35-27(39)16-22-6-3-2-4-7-22)28-36-26(19-42-28)30(41)38-13-5-10-31(32,33)20-38/h2-4,6-9,17,19,21,34H,5,10-16,18,20H2,1H3,(H,35,39). The van der Waals surface area contributed by atoms with Crippen LogP contribution in [0.25, 0.3) is 11.5 Å². The van der Waals surface area contributed by atoms with Gasteiger partial charge in [-0.15, -0.1) is 0 Å². The highest BCUT2D eigenvalue weighted by atomic mass is 19.3. The van der Waals surface area contributed by atoms with Crippen molar-refractivity contribution >= 4 is 17.7 Å². The van der Waals surface area contributed by atoms with Crippen LogP contribution in [0.2, 0.25) is 0 Å². The van der Waals surface area contributed by atoms with Crippen molar-refractivity contribution in [3.8, 4) is 11.5 Å². The average molecular weight is 580 g/mol. The number of likely N-dealkylation sites (tertiary alicyclic amines) is 1. The van der Waals surface area contributed by atoms with Crippen LogP contribution in [-0.4, -0.2) is 77.7 Å². The van der Waals surface area contributed by atoms with Crippen molar-refractivity contribution in [3.05, 3.63) is 77.2 Å². The Labute approximate surface area is 243 Å². The Hall–Kier alpha value is -4.12. The van der Waals surface area contributed by atoms with E-state index in [1.807, 2.05) is 48.2 Å². The molecule has 0 aliphatic carbocycles. The Morgan fingerprint density at radius 1 is 1.07 bits per heavy atom. The van der Waals surface area contributed by atoms with Crippen LogP contribution in [0, 0.1) is 0 Å². The lowest BCUT2D eigenvalue weighted by Crippen LogP contribution is -2.47. The number of hydrogen-bond donors (Lipinski definition) is 2. The van der Waals surface area contributed by atoms with Gasteiger partial charge in [0.25, 0.3) is 11.8 Å². The Kier molecular flexibility index (Phi) is 8.96. The smallest absolute Gasteiger partial charge is 0.276 e. The van der Waals surface area contributed by atoms with E-state index in [1.54, 1.807) is 12.1 Å². The van der Waals surface area contributed by atoms with E-state index in [0.29, 0.717) is 24.2 Å². The SMILES string of the molecule is CC(C(=O)N1CCNCC1)c1cc(-c2nc(C(=O)N3CCCC(F)(F)C3)co2)ccc1CNC(=O)Cc1ccccc1. The van der Waals surface area contributed by atoms with Crippen molar-refractivity contribution in [3.63, 3.8) is 0 Å². The first-order valence-electron chi connectivity index (χ1n) is 14.3. The van der Waals surface area contributed by atoms with Crippen LogP contribution < -0.4 is 10.6 Å². The second kappa shape index (κ2) is 12.8. The third-order valence-electron chi connectivity index (χ3n) is 7.75. The van der Waals surface area contributed by atoms with Gasteiger partial charge < -0.3 is 24.9 Å². The van der Waals surface area contributed by atoms with Crippen LogP contribution in [0.4, 0.5) is 8.78 Å². The number of piperazine rings is 1. The average Bonchev–Trinajstić information content (AvgIpc) is 3.50. The van der Waals surface area contributed by atoms with Gasteiger partial charge in [-0.2, -0.15) is 0 Å². The van der Waals surface area contributed by atoms with Gasteiger partial charge >= 0.3 is 0 Å². The molecule has 3 aromatic rings. The molecule has 2 aliphatic heterocycles. The van der Waals surface area contributed by atoms with E-state index >= 15 is 0 Å². The van der Waals surface area contributed by atoms with Crippen LogP contribution >= 0.6 is 0 Å². The fourth-order valence-corrected chi connectivity index (χ4v) is 5.43. The highest BCUT2D eigenvalue weighted by Gasteiger charge is 2.38. The summed E-state index contributed by atoms with van der Waals surface area (Å²) in [5.41, 5.74) is 2.86. The van der Waals surface area contributed by atoms with Gasteiger partial charge in [0.1, 0.15) is 6.26 Å². The summed E-state index contributed by atoms with van der Waals surface area (Å²) in [5.74, 6) is -4.07. The Morgan fingerprint density at radius 2 is 1.83 bits per heavy atom. The fourth-order valence-electron chi connectivity index (χ4n) is 5.43. The summed E-state index contributed by atoms with van der Waals surface area (Å²) in [5, 5.41) is 6.21. The molecular formula is C31H35F2N5O4. The van der Waals surface area contributed by atoms with Crippen molar-refractivity contribution in [2.24, 2.45) is 0 Å². The minimum atomic E-state index is -2.92. The van der Waals surface area contributed by atoms with E-state index in [4.69, 9.17) is 4.42 Å². The van der Waals surface area contributed by atoms with Gasteiger partial charge in [0, 0.05) is 51.3 Å². The van der Waals surface area contributed by atoms with Crippen LogP contribution in [0.3, 0.4) is 0 Å². The lowest BCUT2D eigenvalue weighted by atomic mass is 9.92. The lowest BCUT2D eigenvalue weighted by Gasteiger charge is -2.31. The first kappa shape index (κ1) is 29.4. The molecule has 0 spiro atoms. The highest BCUT2D eigenvalue weighted by molar-refractivity contribution is 5.92. The molecule has 2 aromatic carbocycles. The van der Waals surface area contributed by atoms with Gasteiger partial charge in [-0.05, 0) is 42.2 Å². The van der Waals surface area contributed by atoms with Crippen LogP contribution in [0.5, 0.6) is 0 Å². The number of nitrogens with zero attached hydrogens (tertiary/aromatic N) is 3. The molecule has 0 radical (unpaired) electrons. The van der Waals surface area contributed by atoms with Crippen LogP contribution in [-0.2, 0) is 22.6 Å². The monoisotopic (exact) mass is 579 g/mol. The molecular weight excluding hydrogens is 544 g/mol. The normalized spacial score (nSPS) is 17.5. The molecule has 222 valence electrons. The van der Waals surface area contributed by atoms with Crippen molar-refractivity contribution in [1.29, 1.82) is 0 Å². The van der Waals surface area contributed by atoms with Crippen LogP contribution in [0.15, 0.2) is 59.2 Å². The van der Waals surface area contributed by atoms with E-state index in [9.17, 15) is 23.2 Å². The van der Waals surface area contributed by atoms with Crippen molar-refractivity contribution in [2.75, 3.05) is 39.3 Å². The van der Waals surface area contributed by atoms with E-state index in [2.05, 4.69) is 15.6 Å². The lowest BCUT2D eigenvalue weighted by molar-refractivity contribution is -0.133. The fraction of sp³-hybridized carbons (Fsp3) is 0.419. The largest absolute Gasteiger partial charge is 0.444 e. The van der Waals surface area contributed by atoms with Gasteiger partial charge in [-0.25, -0.2) is 13.8 Å². The molecule has 5 rings (SSSR count). The zero-order valence-electron chi connectivity index (χ0n) is 23.6. The number of alkyl halides is 2. The summed E-state index contributed by atoms with van der Waals surface area (Å²) >= 11 is 0. The number of carbonyl (C=O) groups excluding carboxylic acids is 3. The Bertz CT molecular complexity index is 1420. The summed E-state index contributed by atoms with van der Waals surface area (Å²) in [7, 11) is 0. The molecule has 0 saturated carbocycles. The third-order valence-corrected chi connectivity index (χ3v) is 7.75. The number of piperidine rings is 1. The number of oxazole rings is 1. The maximum absolute atomic E-state index is 13.9. The summed E-state index contributed by atoms with van der Waals surface area (Å²) in [6.45, 7) is 4.29. The molecule has 0 bridgehead atoms. The first-order chi connectivity index (χ1) is 20.2. The molecule has 3 amide bonds. The highest BCUT2D eigenvalue weighted by Crippen LogP contribution is 2.30. The number of benzene rings is 2. The number of carbonyl (C=O) groups is 3. The zero-order chi connectivity index (χ0) is 29.7. The number of rotatable bonds is 8. The molecule has 2 aliphatic rings.